The molecule has 0 bridgehead atoms. The molecule has 108 valence electrons. The van der Waals surface area contributed by atoms with Crippen molar-refractivity contribution in [2.24, 2.45) is 5.73 Å². The van der Waals surface area contributed by atoms with Crippen LogP contribution in [0.5, 0.6) is 0 Å². The normalized spacial score (nSPS) is 10.9. The van der Waals surface area contributed by atoms with Crippen LogP contribution in [0.15, 0.2) is 24.4 Å². The summed E-state index contributed by atoms with van der Waals surface area (Å²) in [5.41, 5.74) is 6.16. The molecule has 0 saturated carbocycles. The van der Waals surface area contributed by atoms with Crippen LogP contribution >= 0.6 is 0 Å². The zero-order valence-electron chi connectivity index (χ0n) is 11.3. The number of hydrogen-bond donors (Lipinski definition) is 2. The van der Waals surface area contributed by atoms with Gasteiger partial charge in [0.05, 0.1) is 11.9 Å². The highest BCUT2D eigenvalue weighted by molar-refractivity contribution is 5.59. The number of nitrogens with one attached hydrogen (secondary N) is 1. The van der Waals surface area contributed by atoms with Gasteiger partial charge in [-0.3, -0.25) is 0 Å². The smallest absolute Gasteiger partial charge is 0.168 e. The average molecular weight is 279 g/mol. The second kappa shape index (κ2) is 7.14. The van der Waals surface area contributed by atoms with Gasteiger partial charge in [-0.05, 0) is 31.5 Å². The van der Waals surface area contributed by atoms with E-state index in [-0.39, 0.29) is 5.56 Å². The van der Waals surface area contributed by atoms with Crippen LogP contribution in [0.4, 0.5) is 8.78 Å². The number of rotatable bonds is 7. The van der Waals surface area contributed by atoms with Crippen LogP contribution in [0.3, 0.4) is 0 Å². The lowest BCUT2D eigenvalue weighted by molar-refractivity contribution is 0.511. The fourth-order valence-electron chi connectivity index (χ4n) is 2.13. The van der Waals surface area contributed by atoms with E-state index in [0.29, 0.717) is 5.69 Å². The molecule has 5 heteroatoms. The van der Waals surface area contributed by atoms with Crippen molar-refractivity contribution in [3.8, 4) is 11.3 Å². The molecule has 3 N–H and O–H groups in total. The van der Waals surface area contributed by atoms with Crippen LogP contribution in [0.1, 0.15) is 31.5 Å². The Morgan fingerprint density at radius 3 is 2.70 bits per heavy atom. The van der Waals surface area contributed by atoms with E-state index in [2.05, 4.69) is 9.97 Å². The van der Waals surface area contributed by atoms with Gasteiger partial charge in [0.15, 0.2) is 11.6 Å². The lowest BCUT2D eigenvalue weighted by Gasteiger charge is -2.01. The van der Waals surface area contributed by atoms with Gasteiger partial charge in [0.25, 0.3) is 0 Å². The zero-order valence-corrected chi connectivity index (χ0v) is 11.3. The maximum atomic E-state index is 13.7. The van der Waals surface area contributed by atoms with E-state index in [0.717, 1.165) is 50.5 Å². The number of unbranched alkanes of at least 4 members (excludes halogenated alkanes) is 3. The molecule has 0 aliphatic carbocycles. The second-order valence-corrected chi connectivity index (χ2v) is 4.80. The average Bonchev–Trinajstić information content (AvgIpc) is 2.90. The molecule has 0 aliphatic rings. The predicted octanol–water partition coefficient (Wildman–Crippen LogP) is 3.42. The number of hydrogen-bond acceptors (Lipinski definition) is 2. The number of aromatic nitrogens is 2. The molecule has 0 saturated heterocycles. The number of nitrogens with zero attached hydrogens (tertiary/aromatic N) is 1. The third-order valence-corrected chi connectivity index (χ3v) is 3.24. The summed E-state index contributed by atoms with van der Waals surface area (Å²) in [6, 6.07) is 4.13. The first kappa shape index (κ1) is 14.7. The first-order valence-electron chi connectivity index (χ1n) is 6.90. The van der Waals surface area contributed by atoms with Gasteiger partial charge >= 0.3 is 0 Å². The summed E-state index contributed by atoms with van der Waals surface area (Å²) in [7, 11) is 0. The van der Waals surface area contributed by atoms with Crippen LogP contribution in [-0.2, 0) is 6.42 Å². The minimum absolute atomic E-state index is 0.215. The summed E-state index contributed by atoms with van der Waals surface area (Å²) in [4.78, 5) is 7.26. The van der Waals surface area contributed by atoms with E-state index in [1.54, 1.807) is 6.20 Å². The third-order valence-electron chi connectivity index (χ3n) is 3.24. The first-order chi connectivity index (χ1) is 9.72. The molecule has 0 fully saturated rings. The monoisotopic (exact) mass is 279 g/mol. The summed E-state index contributed by atoms with van der Waals surface area (Å²) in [5.74, 6) is -0.887. The molecule has 2 rings (SSSR count). The molecule has 1 aromatic heterocycles. The number of halogens is 2. The zero-order chi connectivity index (χ0) is 14.4. The summed E-state index contributed by atoms with van der Waals surface area (Å²) < 4.78 is 26.8. The van der Waals surface area contributed by atoms with E-state index < -0.39 is 11.6 Å². The summed E-state index contributed by atoms with van der Waals surface area (Å²) in [6.45, 7) is 0.726. The Morgan fingerprint density at radius 1 is 1.10 bits per heavy atom. The number of imidazole rings is 1. The number of aromatic amines is 1. The number of H-pyrrole nitrogens is 1. The van der Waals surface area contributed by atoms with Gasteiger partial charge in [0.2, 0.25) is 0 Å². The fraction of sp³-hybridized carbons (Fsp3) is 0.400. The van der Waals surface area contributed by atoms with Crippen molar-refractivity contribution in [1.82, 2.24) is 9.97 Å². The van der Waals surface area contributed by atoms with E-state index in [4.69, 9.17) is 5.73 Å². The summed E-state index contributed by atoms with van der Waals surface area (Å²) >= 11 is 0. The van der Waals surface area contributed by atoms with Crippen molar-refractivity contribution in [3.05, 3.63) is 41.9 Å². The van der Waals surface area contributed by atoms with E-state index in [1.807, 2.05) is 0 Å². The Hall–Kier alpha value is -1.75. The number of benzene rings is 1. The molecule has 0 aliphatic heterocycles. The lowest BCUT2D eigenvalue weighted by Crippen LogP contribution is -1.98. The Kier molecular flexibility index (Phi) is 5.24. The van der Waals surface area contributed by atoms with Gasteiger partial charge in [-0.15, -0.1) is 0 Å². The molecule has 0 amide bonds. The minimum Gasteiger partial charge on any atom is -0.342 e. The standard InChI is InChI=1S/C15H19F2N3/c16-12-7-5-6-11(15(12)17)13-10-19-14(20-13)8-3-1-2-4-9-18/h5-7,10H,1-4,8-9,18H2,(H,19,20). The fourth-order valence-corrected chi connectivity index (χ4v) is 2.13. The van der Waals surface area contributed by atoms with Gasteiger partial charge in [-0.25, -0.2) is 13.8 Å². The minimum atomic E-state index is -0.847. The summed E-state index contributed by atoms with van der Waals surface area (Å²) in [6.07, 6.45) is 6.62. The van der Waals surface area contributed by atoms with Crippen LogP contribution in [-0.4, -0.2) is 16.5 Å². The second-order valence-electron chi connectivity index (χ2n) is 4.80. The van der Waals surface area contributed by atoms with Crippen molar-refractivity contribution in [2.45, 2.75) is 32.1 Å². The van der Waals surface area contributed by atoms with Crippen molar-refractivity contribution in [1.29, 1.82) is 0 Å². The van der Waals surface area contributed by atoms with Crippen LogP contribution in [0, 0.1) is 11.6 Å². The predicted molar refractivity (Wildman–Crippen MR) is 75.2 cm³/mol. The SMILES string of the molecule is NCCCCCCc1ncc(-c2cccc(F)c2F)[nH]1. The van der Waals surface area contributed by atoms with Crippen LogP contribution < -0.4 is 5.73 Å². The van der Waals surface area contributed by atoms with Gasteiger partial charge in [0, 0.05) is 12.0 Å². The van der Waals surface area contributed by atoms with Crippen LogP contribution in [0.2, 0.25) is 0 Å². The van der Waals surface area contributed by atoms with Crippen molar-refractivity contribution < 1.29 is 8.78 Å². The lowest BCUT2D eigenvalue weighted by atomic mass is 10.1. The highest BCUT2D eigenvalue weighted by Crippen LogP contribution is 2.23. The molecule has 3 nitrogen and oxygen atoms in total. The maximum absolute atomic E-state index is 13.7. The van der Waals surface area contributed by atoms with Crippen molar-refractivity contribution in [2.75, 3.05) is 6.54 Å². The van der Waals surface area contributed by atoms with Gasteiger partial charge in [0.1, 0.15) is 5.82 Å². The molecule has 1 heterocycles. The Labute approximate surface area is 117 Å². The number of aryl methyl sites for hydroxylation is 1. The van der Waals surface area contributed by atoms with E-state index in [9.17, 15) is 8.78 Å². The quantitative estimate of drug-likeness (QED) is 0.763. The summed E-state index contributed by atoms with van der Waals surface area (Å²) in [5, 5.41) is 0. The molecule has 0 unspecified atom stereocenters. The Balaban J connectivity index is 1.97. The van der Waals surface area contributed by atoms with Crippen molar-refractivity contribution in [3.63, 3.8) is 0 Å². The molecular formula is C15H19F2N3. The van der Waals surface area contributed by atoms with Crippen molar-refractivity contribution >= 4 is 0 Å². The van der Waals surface area contributed by atoms with Gasteiger partial charge < -0.3 is 10.7 Å². The molecule has 1 aromatic carbocycles. The Bertz CT molecular complexity index is 552. The molecule has 2 aromatic rings. The first-order valence-corrected chi connectivity index (χ1v) is 6.90. The largest absolute Gasteiger partial charge is 0.342 e. The van der Waals surface area contributed by atoms with E-state index in [1.165, 1.54) is 12.1 Å². The molecule has 0 radical (unpaired) electrons. The molecular weight excluding hydrogens is 260 g/mol. The topological polar surface area (TPSA) is 54.7 Å². The van der Waals surface area contributed by atoms with Gasteiger partial charge in [-0.2, -0.15) is 0 Å². The van der Waals surface area contributed by atoms with Gasteiger partial charge in [-0.1, -0.05) is 18.9 Å². The van der Waals surface area contributed by atoms with Crippen LogP contribution in [0.25, 0.3) is 11.3 Å². The maximum Gasteiger partial charge on any atom is 0.168 e. The molecule has 0 atom stereocenters. The Morgan fingerprint density at radius 2 is 1.90 bits per heavy atom. The number of nitrogens with two attached hydrogens (primary N) is 1. The molecule has 0 spiro atoms. The van der Waals surface area contributed by atoms with E-state index >= 15 is 0 Å². The highest BCUT2D eigenvalue weighted by Gasteiger charge is 2.11. The molecule has 20 heavy (non-hydrogen) atoms. The third kappa shape index (κ3) is 3.63. The highest BCUT2D eigenvalue weighted by atomic mass is 19.2.